The van der Waals surface area contributed by atoms with Crippen molar-refractivity contribution in [3.63, 3.8) is 0 Å². The molecule has 0 atom stereocenters. The standard InChI is InChI=1S/C19H27O.Y/c1-15-12-16(2)14-19(13-15)18-9-7-17(8-10-18)6-4-3-5-11-20;/h11,13-14,17-18H,3-10H2,1-2H3;/q-1;. The van der Waals surface area contributed by atoms with Crippen LogP contribution in [-0.2, 0) is 37.5 Å². The molecule has 0 amide bonds. The first-order valence-corrected chi connectivity index (χ1v) is 8.13. The Morgan fingerprint density at radius 2 is 1.71 bits per heavy atom. The van der Waals surface area contributed by atoms with Gasteiger partial charge >= 0.3 is 0 Å². The van der Waals surface area contributed by atoms with Gasteiger partial charge < -0.3 is 4.79 Å². The van der Waals surface area contributed by atoms with Crippen molar-refractivity contribution in [3.8, 4) is 0 Å². The Morgan fingerprint density at radius 3 is 2.29 bits per heavy atom. The van der Waals surface area contributed by atoms with Crippen molar-refractivity contribution < 1.29 is 37.5 Å². The number of aryl methyl sites for hydroxylation is 2. The summed E-state index contributed by atoms with van der Waals surface area (Å²) in [5.74, 6) is 1.66. The zero-order chi connectivity index (χ0) is 14.4. The van der Waals surface area contributed by atoms with Crippen LogP contribution >= 0.6 is 0 Å². The zero-order valence-corrected chi connectivity index (χ0v) is 16.4. The Hall–Kier alpha value is -0.00610. The van der Waals surface area contributed by atoms with E-state index in [1.165, 1.54) is 55.2 Å². The topological polar surface area (TPSA) is 17.1 Å². The van der Waals surface area contributed by atoms with E-state index in [9.17, 15) is 4.79 Å². The van der Waals surface area contributed by atoms with Gasteiger partial charge in [-0.25, -0.2) is 0 Å². The molecule has 2 rings (SSSR count). The van der Waals surface area contributed by atoms with Gasteiger partial charge in [-0.3, -0.25) is 0 Å². The first kappa shape index (κ1) is 19.0. The minimum absolute atomic E-state index is 0. The summed E-state index contributed by atoms with van der Waals surface area (Å²) in [5, 5.41) is 0. The molecule has 0 aliphatic heterocycles. The maximum Gasteiger partial charge on any atom is 0.119 e. The molecule has 0 spiro atoms. The van der Waals surface area contributed by atoms with Gasteiger partial charge in [0.25, 0.3) is 0 Å². The maximum absolute atomic E-state index is 10.3. The number of carbonyl (C=O) groups is 1. The van der Waals surface area contributed by atoms with Crippen molar-refractivity contribution in [2.45, 2.75) is 71.1 Å². The molecule has 2 heteroatoms. The zero-order valence-electron chi connectivity index (χ0n) is 13.5. The minimum Gasteiger partial charge on any atom is -0.303 e. The van der Waals surface area contributed by atoms with Crippen molar-refractivity contribution >= 4 is 6.29 Å². The van der Waals surface area contributed by atoms with Crippen LogP contribution in [0.2, 0.25) is 0 Å². The van der Waals surface area contributed by atoms with Crippen LogP contribution in [0.25, 0.3) is 0 Å². The van der Waals surface area contributed by atoms with Crippen molar-refractivity contribution in [2.75, 3.05) is 0 Å². The summed E-state index contributed by atoms with van der Waals surface area (Å²) in [6.45, 7) is 4.30. The predicted molar refractivity (Wildman–Crippen MR) is 84.0 cm³/mol. The SMILES string of the molecule is Cc1[c-]c(C)cc(C2CCC(CCCCC=O)CC2)c1.[Y]. The third-order valence-corrected chi connectivity index (χ3v) is 4.66. The molecular formula is C19H27OY-. The number of unbranched alkanes of at least 4 members (excludes halogenated alkanes) is 2. The first-order valence-electron chi connectivity index (χ1n) is 8.13. The first-order chi connectivity index (χ1) is 9.69. The molecule has 0 saturated heterocycles. The molecule has 1 nitrogen and oxygen atoms in total. The van der Waals surface area contributed by atoms with Crippen molar-refractivity contribution in [1.29, 1.82) is 0 Å². The molecule has 21 heavy (non-hydrogen) atoms. The van der Waals surface area contributed by atoms with E-state index >= 15 is 0 Å². The van der Waals surface area contributed by atoms with E-state index in [0.717, 1.165) is 31.0 Å². The van der Waals surface area contributed by atoms with Crippen molar-refractivity contribution in [3.05, 3.63) is 34.9 Å². The van der Waals surface area contributed by atoms with E-state index in [1.54, 1.807) is 0 Å². The Balaban J connectivity index is 0.00000220. The van der Waals surface area contributed by atoms with Crippen molar-refractivity contribution in [2.24, 2.45) is 5.92 Å². The second-order valence-corrected chi connectivity index (χ2v) is 6.45. The van der Waals surface area contributed by atoms with Gasteiger partial charge in [-0.05, 0) is 43.9 Å². The van der Waals surface area contributed by atoms with E-state index in [1.807, 2.05) is 0 Å². The van der Waals surface area contributed by atoms with Crippen LogP contribution in [0.5, 0.6) is 0 Å². The molecule has 1 radical (unpaired) electrons. The summed E-state index contributed by atoms with van der Waals surface area (Å²) in [5.41, 5.74) is 4.07. The molecule has 0 N–H and O–H groups in total. The quantitative estimate of drug-likeness (QED) is 0.390. The fourth-order valence-corrected chi connectivity index (χ4v) is 3.61. The average Bonchev–Trinajstić information content (AvgIpc) is 2.43. The molecule has 0 unspecified atom stereocenters. The van der Waals surface area contributed by atoms with Crippen LogP contribution < -0.4 is 0 Å². The number of hydrogen-bond acceptors (Lipinski definition) is 1. The second-order valence-electron chi connectivity index (χ2n) is 6.45. The molecule has 0 bridgehead atoms. The number of hydrogen-bond donors (Lipinski definition) is 0. The van der Waals surface area contributed by atoms with E-state index in [4.69, 9.17) is 0 Å². The van der Waals surface area contributed by atoms with Gasteiger partial charge in [0.2, 0.25) is 0 Å². The number of aldehydes is 1. The van der Waals surface area contributed by atoms with Crippen LogP contribution in [0.15, 0.2) is 12.1 Å². The van der Waals surface area contributed by atoms with Gasteiger partial charge in [-0.15, -0.1) is 0 Å². The summed E-state index contributed by atoms with van der Waals surface area (Å²) < 4.78 is 0. The second kappa shape index (κ2) is 9.90. The van der Waals surface area contributed by atoms with Crippen LogP contribution in [0, 0.1) is 25.8 Å². The van der Waals surface area contributed by atoms with E-state index in [0.29, 0.717) is 0 Å². The summed E-state index contributed by atoms with van der Waals surface area (Å²) >= 11 is 0. The molecule has 1 fully saturated rings. The van der Waals surface area contributed by atoms with E-state index in [2.05, 4.69) is 32.0 Å². The summed E-state index contributed by atoms with van der Waals surface area (Å²) in [7, 11) is 0. The maximum atomic E-state index is 10.3. The molecular weight excluding hydrogens is 333 g/mol. The summed E-state index contributed by atoms with van der Waals surface area (Å²) in [6.07, 6.45) is 10.8. The summed E-state index contributed by atoms with van der Waals surface area (Å²) in [6, 6.07) is 8.01. The van der Waals surface area contributed by atoms with Crippen LogP contribution in [-0.4, -0.2) is 6.29 Å². The molecule has 0 aromatic heterocycles. The monoisotopic (exact) mass is 360 g/mol. The normalized spacial score (nSPS) is 21.6. The molecule has 1 aromatic rings. The molecule has 1 aliphatic rings. The average molecular weight is 360 g/mol. The van der Waals surface area contributed by atoms with Gasteiger partial charge in [0.05, 0.1) is 0 Å². The van der Waals surface area contributed by atoms with Crippen LogP contribution in [0.1, 0.15) is 74.0 Å². The minimum atomic E-state index is 0. The molecule has 1 aromatic carbocycles. The molecule has 1 saturated carbocycles. The van der Waals surface area contributed by atoms with E-state index < -0.39 is 0 Å². The third-order valence-electron chi connectivity index (χ3n) is 4.66. The number of rotatable bonds is 6. The third kappa shape index (κ3) is 6.32. The summed E-state index contributed by atoms with van der Waals surface area (Å²) in [4.78, 5) is 10.3. The smallest absolute Gasteiger partial charge is 0.119 e. The van der Waals surface area contributed by atoms with Gasteiger partial charge in [0, 0.05) is 39.1 Å². The number of carbonyl (C=O) groups excluding carboxylic acids is 1. The number of benzene rings is 1. The van der Waals surface area contributed by atoms with Gasteiger partial charge in [0.15, 0.2) is 0 Å². The van der Waals surface area contributed by atoms with Gasteiger partial charge in [-0.1, -0.05) is 26.7 Å². The Morgan fingerprint density at radius 1 is 1.10 bits per heavy atom. The predicted octanol–water partition coefficient (Wildman–Crippen LogP) is 5.13. The van der Waals surface area contributed by atoms with Crippen LogP contribution in [0.4, 0.5) is 0 Å². The Bertz CT molecular complexity index is 413. The molecule has 1 aliphatic carbocycles. The van der Waals surface area contributed by atoms with E-state index in [-0.39, 0.29) is 32.7 Å². The van der Waals surface area contributed by atoms with Crippen molar-refractivity contribution in [1.82, 2.24) is 0 Å². The fraction of sp³-hybridized carbons (Fsp3) is 0.632. The molecule has 113 valence electrons. The molecule has 0 heterocycles. The fourth-order valence-electron chi connectivity index (χ4n) is 3.61. The van der Waals surface area contributed by atoms with Gasteiger partial charge in [-0.2, -0.15) is 34.9 Å². The largest absolute Gasteiger partial charge is 0.303 e. The van der Waals surface area contributed by atoms with Crippen LogP contribution in [0.3, 0.4) is 0 Å². The Labute approximate surface area is 155 Å². The van der Waals surface area contributed by atoms with Gasteiger partial charge in [0.1, 0.15) is 6.29 Å². The Kier molecular flexibility index (Phi) is 8.98.